The van der Waals surface area contributed by atoms with E-state index >= 15 is 0 Å². The molecule has 7 heteroatoms. The van der Waals surface area contributed by atoms with Crippen LogP contribution in [0, 0.1) is 24.7 Å². The van der Waals surface area contributed by atoms with Crippen LogP contribution in [0.3, 0.4) is 0 Å². The van der Waals surface area contributed by atoms with Gasteiger partial charge in [-0.3, -0.25) is 4.79 Å². The van der Waals surface area contributed by atoms with Crippen LogP contribution in [-0.4, -0.2) is 30.6 Å². The molecule has 1 N–H and O–H groups in total. The van der Waals surface area contributed by atoms with E-state index in [0.29, 0.717) is 28.5 Å². The molecule has 182 valence electrons. The summed E-state index contributed by atoms with van der Waals surface area (Å²) in [7, 11) is 0. The average molecular weight is 486 g/mol. The third-order valence-electron chi connectivity index (χ3n) is 6.38. The monoisotopic (exact) mass is 485 g/mol. The first-order valence-electron chi connectivity index (χ1n) is 11.7. The maximum atomic E-state index is 13.0. The fourth-order valence-electron chi connectivity index (χ4n) is 4.37. The van der Waals surface area contributed by atoms with Crippen molar-refractivity contribution in [2.45, 2.75) is 53.1 Å². The first-order chi connectivity index (χ1) is 16.2. The molecule has 3 atom stereocenters. The lowest BCUT2D eigenvalue weighted by Gasteiger charge is -2.36. The van der Waals surface area contributed by atoms with E-state index in [2.05, 4.69) is 26.1 Å². The molecule has 0 heterocycles. The molecular weight excluding hydrogens is 454 g/mol. The van der Waals surface area contributed by atoms with Gasteiger partial charge in [0.2, 0.25) is 0 Å². The Balaban J connectivity index is 1.64. The summed E-state index contributed by atoms with van der Waals surface area (Å²) in [4.78, 5) is 38.0. The van der Waals surface area contributed by atoms with Crippen LogP contribution in [0.2, 0.25) is 5.02 Å². The molecule has 0 aliphatic heterocycles. The van der Waals surface area contributed by atoms with Gasteiger partial charge in [-0.1, -0.05) is 57.0 Å². The molecule has 0 radical (unpaired) electrons. The van der Waals surface area contributed by atoms with Gasteiger partial charge in [0, 0.05) is 10.7 Å². The number of ether oxygens (including phenoxy) is 2. The highest BCUT2D eigenvalue weighted by atomic mass is 35.5. The van der Waals surface area contributed by atoms with Crippen LogP contribution < -0.4 is 5.32 Å². The van der Waals surface area contributed by atoms with Gasteiger partial charge in [0.05, 0.1) is 11.1 Å². The van der Waals surface area contributed by atoms with Crippen LogP contribution in [0.4, 0.5) is 5.69 Å². The van der Waals surface area contributed by atoms with Gasteiger partial charge in [-0.15, -0.1) is 0 Å². The molecule has 2 aromatic carbocycles. The quantitative estimate of drug-likeness (QED) is 0.482. The van der Waals surface area contributed by atoms with Crippen molar-refractivity contribution in [1.29, 1.82) is 0 Å². The zero-order valence-electron chi connectivity index (χ0n) is 20.1. The minimum Gasteiger partial charge on any atom is -0.458 e. The molecule has 1 amide bonds. The lowest BCUT2D eigenvalue weighted by molar-refractivity contribution is -0.119. The van der Waals surface area contributed by atoms with Gasteiger partial charge in [0.1, 0.15) is 6.10 Å². The van der Waals surface area contributed by atoms with Crippen LogP contribution in [0.15, 0.2) is 42.5 Å². The second-order valence-electron chi connectivity index (χ2n) is 9.40. The Morgan fingerprint density at radius 3 is 2.38 bits per heavy atom. The topological polar surface area (TPSA) is 81.7 Å². The number of carbonyl (C=O) groups is 3. The SMILES string of the molecule is Cc1ccc(NC(=O)COC(=O)c2ccccc2C(=O)O[C@@H]2C[C@@H](C)CC[C@@H]2C(C)C)cc1Cl. The van der Waals surface area contributed by atoms with E-state index in [1.54, 1.807) is 36.4 Å². The van der Waals surface area contributed by atoms with Gasteiger partial charge in [-0.2, -0.15) is 0 Å². The van der Waals surface area contributed by atoms with Crippen molar-refractivity contribution in [1.82, 2.24) is 0 Å². The van der Waals surface area contributed by atoms with Crippen molar-refractivity contribution in [3.63, 3.8) is 0 Å². The first-order valence-corrected chi connectivity index (χ1v) is 12.1. The number of hydrogen-bond donors (Lipinski definition) is 1. The predicted molar refractivity (Wildman–Crippen MR) is 132 cm³/mol. The number of anilines is 1. The van der Waals surface area contributed by atoms with Crippen LogP contribution in [0.1, 0.15) is 66.3 Å². The van der Waals surface area contributed by atoms with E-state index in [4.69, 9.17) is 21.1 Å². The van der Waals surface area contributed by atoms with Crippen molar-refractivity contribution in [3.05, 3.63) is 64.2 Å². The van der Waals surface area contributed by atoms with Gasteiger partial charge < -0.3 is 14.8 Å². The van der Waals surface area contributed by atoms with Crippen molar-refractivity contribution in [2.75, 3.05) is 11.9 Å². The number of rotatable bonds is 7. The highest BCUT2D eigenvalue weighted by Crippen LogP contribution is 2.36. The Bertz CT molecular complexity index is 1050. The molecule has 0 saturated heterocycles. The second-order valence-corrected chi connectivity index (χ2v) is 9.81. The van der Waals surface area contributed by atoms with Crippen LogP contribution in [0.25, 0.3) is 0 Å². The van der Waals surface area contributed by atoms with E-state index in [0.717, 1.165) is 24.8 Å². The normalized spacial score (nSPS) is 20.0. The summed E-state index contributed by atoms with van der Waals surface area (Å²) in [6.07, 6.45) is 2.76. The third kappa shape index (κ3) is 6.60. The Kier molecular flexibility index (Phi) is 8.72. The van der Waals surface area contributed by atoms with E-state index < -0.39 is 24.5 Å². The fourth-order valence-corrected chi connectivity index (χ4v) is 4.55. The summed E-state index contributed by atoms with van der Waals surface area (Å²) in [6, 6.07) is 11.5. The van der Waals surface area contributed by atoms with E-state index in [1.165, 1.54) is 6.07 Å². The third-order valence-corrected chi connectivity index (χ3v) is 6.78. The van der Waals surface area contributed by atoms with E-state index in [1.807, 2.05) is 6.92 Å². The molecule has 2 aromatic rings. The Morgan fingerprint density at radius 1 is 1.06 bits per heavy atom. The van der Waals surface area contributed by atoms with Gasteiger partial charge in [0.25, 0.3) is 5.91 Å². The predicted octanol–water partition coefficient (Wildman–Crippen LogP) is 6.06. The smallest absolute Gasteiger partial charge is 0.339 e. The largest absolute Gasteiger partial charge is 0.458 e. The number of nitrogens with one attached hydrogen (secondary N) is 1. The molecule has 0 aromatic heterocycles. The minimum absolute atomic E-state index is 0.0728. The highest BCUT2D eigenvalue weighted by molar-refractivity contribution is 6.31. The van der Waals surface area contributed by atoms with Crippen molar-refractivity contribution in [2.24, 2.45) is 17.8 Å². The summed E-state index contributed by atoms with van der Waals surface area (Å²) in [5.74, 6) is -0.650. The summed E-state index contributed by atoms with van der Waals surface area (Å²) < 4.78 is 11.1. The molecule has 1 fully saturated rings. The number of carbonyl (C=O) groups excluding carboxylic acids is 3. The van der Waals surface area contributed by atoms with Crippen LogP contribution >= 0.6 is 11.6 Å². The summed E-state index contributed by atoms with van der Waals surface area (Å²) in [5, 5.41) is 3.16. The lowest BCUT2D eigenvalue weighted by Crippen LogP contribution is -2.36. The van der Waals surface area contributed by atoms with Crippen molar-refractivity contribution >= 4 is 35.1 Å². The summed E-state index contributed by atoms with van der Waals surface area (Å²) in [5.41, 5.74) is 1.60. The van der Waals surface area contributed by atoms with Gasteiger partial charge in [-0.25, -0.2) is 9.59 Å². The number of amides is 1. The molecular formula is C27H32ClNO5. The average Bonchev–Trinajstić information content (AvgIpc) is 2.79. The molecule has 6 nitrogen and oxygen atoms in total. The van der Waals surface area contributed by atoms with Gasteiger partial charge in [0.15, 0.2) is 6.61 Å². The second kappa shape index (κ2) is 11.5. The lowest BCUT2D eigenvalue weighted by atomic mass is 9.75. The van der Waals surface area contributed by atoms with Gasteiger partial charge >= 0.3 is 11.9 Å². The van der Waals surface area contributed by atoms with Crippen molar-refractivity contribution in [3.8, 4) is 0 Å². The number of halogens is 1. The molecule has 0 spiro atoms. The summed E-state index contributed by atoms with van der Waals surface area (Å²) >= 11 is 6.08. The molecule has 1 aliphatic rings. The van der Waals surface area contributed by atoms with Crippen LogP contribution in [-0.2, 0) is 14.3 Å². The fraction of sp³-hybridized carbons (Fsp3) is 0.444. The minimum atomic E-state index is -0.762. The Labute approximate surface area is 206 Å². The van der Waals surface area contributed by atoms with E-state index in [-0.39, 0.29) is 17.2 Å². The number of esters is 2. The molecule has 0 bridgehead atoms. The zero-order chi connectivity index (χ0) is 24.8. The molecule has 34 heavy (non-hydrogen) atoms. The van der Waals surface area contributed by atoms with Crippen LogP contribution in [0.5, 0.6) is 0 Å². The molecule has 3 rings (SSSR count). The number of hydrogen-bond acceptors (Lipinski definition) is 5. The Hall–Kier alpha value is -2.86. The van der Waals surface area contributed by atoms with Gasteiger partial charge in [-0.05, 0) is 67.3 Å². The van der Waals surface area contributed by atoms with E-state index in [9.17, 15) is 14.4 Å². The highest BCUT2D eigenvalue weighted by Gasteiger charge is 2.34. The summed E-state index contributed by atoms with van der Waals surface area (Å²) in [6.45, 7) is 7.81. The first kappa shape index (κ1) is 25.8. The maximum absolute atomic E-state index is 13.0. The number of aryl methyl sites for hydroxylation is 1. The Morgan fingerprint density at radius 2 is 1.74 bits per heavy atom. The zero-order valence-corrected chi connectivity index (χ0v) is 20.9. The standard InChI is InChI=1S/C27H32ClNO5/c1-16(2)20-12-9-17(3)13-24(20)34-27(32)22-8-6-5-7-21(22)26(31)33-15-25(30)29-19-11-10-18(4)23(28)14-19/h5-8,10-11,14,16-17,20,24H,9,12-13,15H2,1-4H3,(H,29,30)/t17-,20+,24+/m0/s1. The number of benzene rings is 2. The molecule has 1 saturated carbocycles. The molecule has 0 unspecified atom stereocenters. The maximum Gasteiger partial charge on any atom is 0.339 e. The van der Waals surface area contributed by atoms with Crippen molar-refractivity contribution < 1.29 is 23.9 Å². The molecule has 1 aliphatic carbocycles.